The average molecular weight is 404 g/mol. The van der Waals surface area contributed by atoms with E-state index in [0.29, 0.717) is 24.1 Å². The van der Waals surface area contributed by atoms with Gasteiger partial charge in [0, 0.05) is 41.6 Å². The highest BCUT2D eigenvalue weighted by Gasteiger charge is 2.46. The van der Waals surface area contributed by atoms with Crippen LogP contribution in [0, 0.1) is 0 Å². The van der Waals surface area contributed by atoms with E-state index >= 15 is 0 Å². The number of Topliss-reactive ketones (excluding diaryl/α,β-unsaturated/α-hetero) is 1. The van der Waals surface area contributed by atoms with Gasteiger partial charge in [0.05, 0.1) is 11.6 Å². The Morgan fingerprint density at radius 3 is 2.73 bits per heavy atom. The molecule has 154 valence electrons. The van der Waals surface area contributed by atoms with Crippen molar-refractivity contribution in [3.63, 3.8) is 0 Å². The summed E-state index contributed by atoms with van der Waals surface area (Å²) in [5.41, 5.74) is 2.15. The number of ketones is 1. The van der Waals surface area contributed by atoms with Gasteiger partial charge >= 0.3 is 0 Å². The lowest BCUT2D eigenvalue weighted by molar-refractivity contribution is -0.139. The third-order valence-electron chi connectivity index (χ3n) is 5.39. The molecule has 3 heterocycles. The van der Waals surface area contributed by atoms with E-state index in [1.807, 2.05) is 49.3 Å². The van der Waals surface area contributed by atoms with Crippen LogP contribution in [0.3, 0.4) is 0 Å². The molecule has 2 aromatic heterocycles. The van der Waals surface area contributed by atoms with Gasteiger partial charge in [0.25, 0.3) is 11.7 Å². The molecule has 1 amide bonds. The van der Waals surface area contributed by atoms with Crippen LogP contribution >= 0.6 is 0 Å². The minimum absolute atomic E-state index is 0.0996. The first kappa shape index (κ1) is 19.8. The lowest BCUT2D eigenvalue weighted by Crippen LogP contribution is -2.32. The summed E-state index contributed by atoms with van der Waals surface area (Å²) in [6.07, 6.45) is 5.66. The molecule has 1 aliphatic heterocycles. The highest BCUT2D eigenvalue weighted by molar-refractivity contribution is 6.46. The molecule has 0 radical (unpaired) electrons. The number of carbonyl (C=O) groups is 2. The summed E-state index contributed by atoms with van der Waals surface area (Å²) >= 11 is 0. The van der Waals surface area contributed by atoms with Crippen molar-refractivity contribution in [3.8, 4) is 0 Å². The van der Waals surface area contributed by atoms with E-state index in [4.69, 9.17) is 0 Å². The number of pyridine rings is 1. The van der Waals surface area contributed by atoms with Crippen molar-refractivity contribution < 1.29 is 14.7 Å². The number of aliphatic hydroxyl groups is 1. The molecule has 30 heavy (non-hydrogen) atoms. The van der Waals surface area contributed by atoms with Gasteiger partial charge in [-0.1, -0.05) is 24.3 Å². The maximum atomic E-state index is 13.0. The van der Waals surface area contributed by atoms with Crippen LogP contribution in [0.15, 0.2) is 60.6 Å². The van der Waals surface area contributed by atoms with Crippen molar-refractivity contribution in [3.05, 3.63) is 71.7 Å². The number of nitrogens with one attached hydrogen (secondary N) is 1. The third-order valence-corrected chi connectivity index (χ3v) is 5.39. The van der Waals surface area contributed by atoms with Crippen molar-refractivity contribution in [1.29, 1.82) is 0 Å². The fourth-order valence-electron chi connectivity index (χ4n) is 3.96. The molecule has 1 aromatic carbocycles. The number of amides is 1. The van der Waals surface area contributed by atoms with E-state index in [2.05, 4.69) is 9.97 Å². The van der Waals surface area contributed by atoms with Crippen molar-refractivity contribution in [1.82, 2.24) is 19.8 Å². The number of aliphatic hydroxyl groups excluding tert-OH is 1. The van der Waals surface area contributed by atoms with Gasteiger partial charge in [-0.05, 0) is 44.8 Å². The SMILES string of the molecule is CN(C)CCCN1C(=O)C(=O)/C(=C(/O)c2c[nH]c3ccccc23)[C@H]1c1cccnc1. The number of hydrogen-bond acceptors (Lipinski definition) is 5. The van der Waals surface area contributed by atoms with Gasteiger partial charge in [-0.3, -0.25) is 14.6 Å². The molecule has 7 heteroatoms. The summed E-state index contributed by atoms with van der Waals surface area (Å²) in [7, 11) is 3.92. The molecule has 1 fully saturated rings. The Morgan fingerprint density at radius 2 is 2.00 bits per heavy atom. The van der Waals surface area contributed by atoms with Crippen molar-refractivity contribution in [2.24, 2.45) is 0 Å². The summed E-state index contributed by atoms with van der Waals surface area (Å²) in [6, 6.07) is 10.4. The molecule has 1 atom stereocenters. The highest BCUT2D eigenvalue weighted by atomic mass is 16.3. The van der Waals surface area contributed by atoms with Gasteiger partial charge in [0.1, 0.15) is 5.76 Å². The van der Waals surface area contributed by atoms with Gasteiger partial charge in [0.15, 0.2) is 0 Å². The predicted molar refractivity (Wildman–Crippen MR) is 115 cm³/mol. The number of fused-ring (bicyclic) bond motifs is 1. The van der Waals surface area contributed by atoms with Crippen LogP contribution in [0.2, 0.25) is 0 Å². The molecule has 1 saturated heterocycles. The summed E-state index contributed by atoms with van der Waals surface area (Å²) < 4.78 is 0. The number of para-hydroxylation sites is 1. The summed E-state index contributed by atoms with van der Waals surface area (Å²) in [4.78, 5) is 36.8. The fraction of sp³-hybridized carbons (Fsp3) is 0.261. The number of aromatic amines is 1. The Kier molecular flexibility index (Phi) is 5.37. The Balaban J connectivity index is 1.83. The number of carbonyl (C=O) groups excluding carboxylic acids is 2. The molecule has 0 saturated carbocycles. The number of benzene rings is 1. The number of H-pyrrole nitrogens is 1. The number of nitrogens with zero attached hydrogens (tertiary/aromatic N) is 3. The lowest BCUT2D eigenvalue weighted by atomic mass is 9.96. The lowest BCUT2D eigenvalue weighted by Gasteiger charge is -2.25. The molecule has 3 aromatic rings. The van der Waals surface area contributed by atoms with Crippen LogP contribution < -0.4 is 0 Å². The zero-order valence-electron chi connectivity index (χ0n) is 17.0. The molecular formula is C23H24N4O3. The average Bonchev–Trinajstić information content (AvgIpc) is 3.28. The number of aromatic nitrogens is 2. The minimum Gasteiger partial charge on any atom is -0.507 e. The first-order chi connectivity index (χ1) is 14.5. The molecule has 0 bridgehead atoms. The Bertz CT molecular complexity index is 1120. The molecule has 7 nitrogen and oxygen atoms in total. The van der Waals surface area contributed by atoms with E-state index < -0.39 is 17.7 Å². The standard InChI is InChI=1S/C23H24N4O3/c1-26(2)11-6-12-27-20(15-7-5-10-24-13-15)19(22(29)23(27)30)21(28)17-14-25-18-9-4-3-8-16(17)18/h3-5,7-10,13-14,20,25,28H,6,11-12H2,1-2H3/b21-19+/t20-/m1/s1. The second-order valence-electron chi connectivity index (χ2n) is 7.68. The van der Waals surface area contributed by atoms with Gasteiger partial charge in [-0.15, -0.1) is 0 Å². The Hall–Kier alpha value is -3.45. The number of hydrogen-bond donors (Lipinski definition) is 2. The summed E-state index contributed by atoms with van der Waals surface area (Å²) in [5.74, 6) is -1.43. The van der Waals surface area contributed by atoms with E-state index in [1.54, 1.807) is 29.6 Å². The van der Waals surface area contributed by atoms with Crippen molar-refractivity contribution in [2.75, 3.05) is 27.2 Å². The first-order valence-corrected chi connectivity index (χ1v) is 9.88. The van der Waals surface area contributed by atoms with E-state index in [9.17, 15) is 14.7 Å². The Labute approximate surface area is 174 Å². The van der Waals surface area contributed by atoms with Crippen LogP contribution in [0.4, 0.5) is 0 Å². The normalized spacial score (nSPS) is 18.6. The second-order valence-corrected chi connectivity index (χ2v) is 7.68. The van der Waals surface area contributed by atoms with Crippen LogP contribution in [-0.2, 0) is 9.59 Å². The molecule has 2 N–H and O–H groups in total. The van der Waals surface area contributed by atoms with Crippen LogP contribution in [0.5, 0.6) is 0 Å². The number of likely N-dealkylation sites (tertiary alicyclic amines) is 1. The summed E-state index contributed by atoms with van der Waals surface area (Å²) in [5, 5.41) is 12.0. The molecular weight excluding hydrogens is 380 g/mol. The largest absolute Gasteiger partial charge is 0.507 e. The van der Waals surface area contributed by atoms with Gasteiger partial charge in [0.2, 0.25) is 0 Å². The zero-order chi connectivity index (χ0) is 21.3. The van der Waals surface area contributed by atoms with Gasteiger partial charge < -0.3 is 19.9 Å². The van der Waals surface area contributed by atoms with E-state index in [-0.39, 0.29) is 11.3 Å². The molecule has 0 aliphatic carbocycles. The molecule has 0 unspecified atom stereocenters. The smallest absolute Gasteiger partial charge is 0.295 e. The predicted octanol–water partition coefficient (Wildman–Crippen LogP) is 2.94. The van der Waals surface area contributed by atoms with E-state index in [0.717, 1.165) is 17.4 Å². The third kappa shape index (κ3) is 3.48. The number of rotatable bonds is 6. The summed E-state index contributed by atoms with van der Waals surface area (Å²) in [6.45, 7) is 1.19. The first-order valence-electron chi connectivity index (χ1n) is 9.88. The maximum absolute atomic E-state index is 13.0. The second kappa shape index (κ2) is 8.12. The van der Waals surface area contributed by atoms with Crippen LogP contribution in [0.25, 0.3) is 16.7 Å². The molecule has 0 spiro atoms. The quantitative estimate of drug-likeness (QED) is 0.375. The Morgan fingerprint density at radius 1 is 1.20 bits per heavy atom. The maximum Gasteiger partial charge on any atom is 0.295 e. The van der Waals surface area contributed by atoms with Crippen LogP contribution in [0.1, 0.15) is 23.6 Å². The highest BCUT2D eigenvalue weighted by Crippen LogP contribution is 2.40. The van der Waals surface area contributed by atoms with Gasteiger partial charge in [-0.2, -0.15) is 0 Å². The topological polar surface area (TPSA) is 89.5 Å². The molecule has 4 rings (SSSR count). The molecule has 1 aliphatic rings. The van der Waals surface area contributed by atoms with E-state index in [1.165, 1.54) is 0 Å². The van der Waals surface area contributed by atoms with Crippen LogP contribution in [-0.4, -0.2) is 63.7 Å². The zero-order valence-corrected chi connectivity index (χ0v) is 17.0. The van der Waals surface area contributed by atoms with Gasteiger partial charge in [-0.25, -0.2) is 0 Å². The monoisotopic (exact) mass is 404 g/mol. The van der Waals surface area contributed by atoms with Crippen molar-refractivity contribution in [2.45, 2.75) is 12.5 Å². The minimum atomic E-state index is -0.672. The fourth-order valence-corrected chi connectivity index (χ4v) is 3.96. The van der Waals surface area contributed by atoms with Crippen molar-refractivity contribution >= 4 is 28.4 Å².